The van der Waals surface area contributed by atoms with E-state index in [9.17, 15) is 0 Å². The van der Waals surface area contributed by atoms with Crippen molar-refractivity contribution in [2.75, 3.05) is 6.61 Å². The number of rotatable bonds is 3. The van der Waals surface area contributed by atoms with Gasteiger partial charge in [-0.15, -0.1) is 0 Å². The number of hydrogen-bond donors (Lipinski definition) is 0. The molecule has 0 rings (SSSR count). The summed E-state index contributed by atoms with van der Waals surface area (Å²) in [5, 5.41) is 0. The van der Waals surface area contributed by atoms with E-state index in [1.807, 2.05) is 13.8 Å². The van der Waals surface area contributed by atoms with Gasteiger partial charge in [-0.25, -0.2) is 0 Å². The first-order chi connectivity index (χ1) is 4.72. The molecule has 0 aliphatic carbocycles. The van der Waals surface area contributed by atoms with Crippen LogP contribution in [-0.2, 0) is 43.4 Å². The van der Waals surface area contributed by atoms with Crippen molar-refractivity contribution in [2.24, 2.45) is 0 Å². The van der Waals surface area contributed by atoms with Gasteiger partial charge in [-0.2, -0.15) is 0 Å². The normalized spacial score (nSPS) is 7.00. The first kappa shape index (κ1) is 13.4. The van der Waals surface area contributed by atoms with Gasteiger partial charge in [0.2, 0.25) is 0 Å². The Kier molecular flexibility index (Phi) is 16.7. The second-order valence-electron chi connectivity index (χ2n) is 1.12. The van der Waals surface area contributed by atoms with Gasteiger partial charge in [0.05, 0.1) is 0 Å². The summed E-state index contributed by atoms with van der Waals surface area (Å²) < 4.78 is 8.66. The van der Waals surface area contributed by atoms with Crippen molar-refractivity contribution in [3.05, 3.63) is 12.7 Å². The van der Waals surface area contributed by atoms with Gasteiger partial charge in [0.15, 0.2) is 0 Å². The molecule has 0 amide bonds. The summed E-state index contributed by atoms with van der Waals surface area (Å²) in [6.07, 6.45) is 1.48. The monoisotopic (exact) mass is 478 g/mol. The molecule has 0 atom stereocenters. The Hall–Kier alpha value is 0.817. The quantitative estimate of drug-likeness (QED) is 0.550. The van der Waals surface area contributed by atoms with Crippen LogP contribution in [0.2, 0.25) is 0 Å². The maximum absolute atomic E-state index is 5.09. The van der Waals surface area contributed by atoms with Crippen LogP contribution >= 0.6 is 0 Å². The fourth-order valence-corrected chi connectivity index (χ4v) is 0.614. The van der Waals surface area contributed by atoms with Gasteiger partial charge < -0.3 is 0 Å². The zero-order valence-electron chi connectivity index (χ0n) is 6.09. The molecule has 0 radical (unpaired) electrons. The van der Waals surface area contributed by atoms with Crippen molar-refractivity contribution < 1.29 is 43.4 Å². The molecule has 0 unspecified atom stereocenters. The first-order valence-corrected chi connectivity index (χ1v) is 5.66. The van der Waals surface area contributed by atoms with Crippen molar-refractivity contribution in [1.29, 1.82) is 0 Å². The van der Waals surface area contributed by atoms with Crippen molar-refractivity contribution in [2.45, 2.75) is 13.8 Å². The Morgan fingerprint density at radius 3 is 2.30 bits per heavy atom. The van der Waals surface area contributed by atoms with Crippen LogP contribution in [0.1, 0.15) is 13.8 Å². The summed E-state index contributed by atoms with van der Waals surface area (Å²) >= 11 is 2.70. The molecule has 0 aromatic rings. The van der Waals surface area contributed by atoms with Crippen molar-refractivity contribution in [3.8, 4) is 0 Å². The molecule has 0 aromatic carbocycles. The second kappa shape index (κ2) is 12.5. The Morgan fingerprint density at radius 2 is 2.20 bits per heavy atom. The number of ether oxygens (including phenoxy) is 1. The molecule has 0 spiro atoms. The van der Waals surface area contributed by atoms with Gasteiger partial charge >= 0.3 is 85.0 Å². The Morgan fingerprint density at radius 1 is 1.80 bits per heavy atom. The second-order valence-corrected chi connectivity index (χ2v) is 4.04. The van der Waals surface area contributed by atoms with Crippen LogP contribution in [0.15, 0.2) is 6.08 Å². The Labute approximate surface area is 84.7 Å². The van der Waals surface area contributed by atoms with Crippen molar-refractivity contribution in [3.63, 3.8) is 0 Å². The summed E-state index contributed by atoms with van der Waals surface area (Å²) in [4.78, 5) is 0. The third-order valence-corrected chi connectivity index (χ3v) is 1.33. The van der Waals surface area contributed by atoms with Crippen LogP contribution in [0.4, 0.5) is 0 Å². The van der Waals surface area contributed by atoms with E-state index in [-0.39, 0.29) is 0 Å². The van der Waals surface area contributed by atoms with Gasteiger partial charge in [0.25, 0.3) is 0 Å². The van der Waals surface area contributed by atoms with Crippen LogP contribution in [0.5, 0.6) is 0 Å². The fourth-order valence-electron chi connectivity index (χ4n) is 0.190. The molecule has 0 saturated carbocycles. The molecule has 0 aliphatic rings. The van der Waals surface area contributed by atoms with E-state index in [2.05, 4.69) is 4.40 Å². The molecular formula is C7H10OW2-2. The Balaban J connectivity index is 0. The average Bonchev–Trinajstić information content (AvgIpc) is 1.90. The van der Waals surface area contributed by atoms with Crippen LogP contribution in [0, 0.1) is 6.58 Å². The molecule has 0 saturated heterocycles. The summed E-state index contributed by atoms with van der Waals surface area (Å²) in [5.41, 5.74) is 0. The molecule has 58 valence electrons. The Bertz CT molecular complexity index is 110. The van der Waals surface area contributed by atoms with E-state index in [0.717, 1.165) is 4.08 Å². The predicted octanol–water partition coefficient (Wildman–Crippen LogP) is 0.921. The molecular weight excluding hydrogens is 468 g/mol. The van der Waals surface area contributed by atoms with E-state index >= 15 is 0 Å². The molecule has 0 fully saturated rings. The van der Waals surface area contributed by atoms with E-state index in [0.29, 0.717) is 6.61 Å². The molecule has 1 nitrogen and oxygen atoms in total. The SMILES string of the molecule is C[C-]=[W].[CH-]=C[C](=[W])OCC. The van der Waals surface area contributed by atoms with Gasteiger partial charge in [0, 0.05) is 0 Å². The third-order valence-electron chi connectivity index (χ3n) is 0.423. The first-order valence-electron chi connectivity index (χ1n) is 2.73. The molecule has 0 heterocycles. The van der Waals surface area contributed by atoms with Gasteiger partial charge in [-0.3, -0.25) is 0 Å². The minimum atomic E-state index is 0.715. The van der Waals surface area contributed by atoms with Crippen molar-refractivity contribution in [1.82, 2.24) is 0 Å². The zero-order valence-corrected chi connectivity index (χ0v) is 12.0. The summed E-state index contributed by atoms with van der Waals surface area (Å²) in [6, 6.07) is 0. The van der Waals surface area contributed by atoms with Crippen LogP contribution in [0.25, 0.3) is 0 Å². The van der Waals surface area contributed by atoms with E-state index in [4.69, 9.17) is 11.3 Å². The third kappa shape index (κ3) is 15.9. The summed E-state index contributed by atoms with van der Waals surface area (Å²) in [6.45, 7) is 9.66. The van der Waals surface area contributed by atoms with Crippen LogP contribution in [-0.4, -0.2) is 15.1 Å². The fraction of sp³-hybridized carbons (Fsp3) is 0.429. The van der Waals surface area contributed by atoms with E-state index < -0.39 is 0 Å². The topological polar surface area (TPSA) is 9.23 Å². The molecule has 0 aliphatic heterocycles. The zero-order chi connectivity index (χ0) is 8.41. The molecule has 0 bridgehead atoms. The number of hydrogen-bond acceptors (Lipinski definition) is 1. The van der Waals surface area contributed by atoms with E-state index in [1.54, 1.807) is 0 Å². The van der Waals surface area contributed by atoms with Crippen LogP contribution in [0.3, 0.4) is 0 Å². The summed E-state index contributed by atoms with van der Waals surface area (Å²) in [5.74, 6) is 0. The van der Waals surface area contributed by atoms with Gasteiger partial charge in [-0.1, -0.05) is 0 Å². The molecule has 0 N–H and O–H groups in total. The molecule has 10 heavy (non-hydrogen) atoms. The van der Waals surface area contributed by atoms with Gasteiger partial charge in [-0.05, 0) is 0 Å². The molecule has 0 aromatic heterocycles. The summed E-state index contributed by atoms with van der Waals surface area (Å²) in [7, 11) is 0. The minimum absolute atomic E-state index is 0.715. The average molecular weight is 478 g/mol. The predicted molar refractivity (Wildman–Crippen MR) is 36.2 cm³/mol. The van der Waals surface area contributed by atoms with Crippen molar-refractivity contribution >= 4 is 8.48 Å². The standard InChI is InChI=1S/C5H7O.C2H3.2W/c1-3-5-6-4-2;1-2;;/h1,3H,4H2,2H3;1H3;;/q2*-1;;. The van der Waals surface area contributed by atoms with E-state index in [1.165, 1.54) is 44.8 Å². The van der Waals surface area contributed by atoms with Gasteiger partial charge in [0.1, 0.15) is 0 Å². The molecule has 3 heteroatoms. The maximum atomic E-state index is 5.09. The van der Waals surface area contributed by atoms with Crippen LogP contribution < -0.4 is 0 Å².